The van der Waals surface area contributed by atoms with Crippen LogP contribution in [0.15, 0.2) is 116 Å². The number of fused-ring (bicyclic) bond motifs is 2. The van der Waals surface area contributed by atoms with Gasteiger partial charge in [-0.05, 0) is 92.9 Å². The molecular weight excluding hydrogens is 839 g/mol. The molecule has 0 bridgehead atoms. The monoisotopic (exact) mass is 884 g/mol. The molecule has 7 N–H and O–H groups in total. The van der Waals surface area contributed by atoms with E-state index in [0.717, 1.165) is 37.5 Å². The molecule has 8 rings (SSSR count). The van der Waals surface area contributed by atoms with Crippen LogP contribution in [-0.2, 0) is 0 Å². The average molecular weight is 885 g/mol. The predicted molar refractivity (Wildman–Crippen MR) is 237 cm³/mol. The zero-order chi connectivity index (χ0) is 46.0. The zero-order valence-electron chi connectivity index (χ0n) is 35.3. The Kier molecular flexibility index (Phi) is 12.5. The summed E-state index contributed by atoms with van der Waals surface area (Å²) in [6.45, 7) is 2.82. The summed E-state index contributed by atoms with van der Waals surface area (Å²) in [7, 11) is 0. The number of hydrogen-bond donors (Lipinski definition) is 7. The Balaban J connectivity index is 0.997. The van der Waals surface area contributed by atoms with Crippen molar-refractivity contribution in [3.05, 3.63) is 155 Å². The molecule has 0 unspecified atom stereocenters. The first kappa shape index (κ1) is 44.3. The molecule has 334 valence electrons. The molecule has 0 spiro atoms. The second-order valence-electron chi connectivity index (χ2n) is 16.6. The Morgan fingerprint density at radius 1 is 0.769 bits per heavy atom. The van der Waals surface area contributed by atoms with Gasteiger partial charge in [0.05, 0.1) is 42.0 Å². The van der Waals surface area contributed by atoms with Crippen molar-refractivity contribution in [2.75, 3.05) is 17.2 Å². The molecule has 4 heterocycles. The fourth-order valence-corrected chi connectivity index (χ4v) is 8.40. The van der Waals surface area contributed by atoms with Crippen LogP contribution in [0, 0.1) is 17.6 Å². The Morgan fingerprint density at radius 2 is 1.40 bits per heavy atom. The van der Waals surface area contributed by atoms with E-state index in [4.69, 9.17) is 0 Å². The summed E-state index contributed by atoms with van der Waals surface area (Å²) in [6.07, 6.45) is 7.86. The first-order chi connectivity index (χ1) is 31.2. The van der Waals surface area contributed by atoms with E-state index in [1.165, 1.54) is 39.4 Å². The molecule has 65 heavy (non-hydrogen) atoms. The van der Waals surface area contributed by atoms with Crippen LogP contribution >= 0.6 is 0 Å². The first-order valence-electron chi connectivity index (χ1n) is 21.0. The predicted octanol–water partition coefficient (Wildman–Crippen LogP) is 6.32. The van der Waals surface area contributed by atoms with E-state index in [1.807, 2.05) is 0 Å². The molecule has 1 aliphatic rings. The molecule has 0 saturated heterocycles. The number of anilines is 2. The fourth-order valence-electron chi connectivity index (χ4n) is 8.40. The number of aromatic nitrogens is 4. The van der Waals surface area contributed by atoms with E-state index in [-0.39, 0.29) is 45.8 Å². The maximum Gasteiger partial charge on any atom is 0.274 e. The van der Waals surface area contributed by atoms with Crippen molar-refractivity contribution in [1.82, 2.24) is 29.4 Å². The molecule has 4 aromatic heterocycles. The summed E-state index contributed by atoms with van der Waals surface area (Å²) < 4.78 is 33.3. The van der Waals surface area contributed by atoms with Crippen molar-refractivity contribution < 1.29 is 43.3 Å². The number of aliphatic hydroxyl groups is 3. The number of aliphatic hydroxyl groups excluding tert-OH is 2. The maximum atomic E-state index is 15.1. The van der Waals surface area contributed by atoms with E-state index in [2.05, 4.69) is 31.2 Å². The lowest BCUT2D eigenvalue weighted by Gasteiger charge is -2.39. The summed E-state index contributed by atoms with van der Waals surface area (Å²) in [5, 5.41) is 41.5. The average Bonchev–Trinajstić information content (AvgIpc) is 3.94. The quantitative estimate of drug-likeness (QED) is 0.0690. The van der Waals surface area contributed by atoms with Gasteiger partial charge in [0.1, 0.15) is 40.4 Å². The van der Waals surface area contributed by atoms with Crippen molar-refractivity contribution in [3.8, 4) is 11.1 Å². The Hall–Kier alpha value is -7.34. The molecule has 4 atom stereocenters. The fraction of sp³-hybridized carbons (Fsp3) is 0.250. The number of nitrogens with one attached hydrogen (secondary N) is 4. The van der Waals surface area contributed by atoms with Gasteiger partial charge in [-0.15, -0.1) is 0 Å². The molecule has 0 aliphatic heterocycles. The zero-order valence-corrected chi connectivity index (χ0v) is 35.3. The topological polar surface area (TPSA) is 212 Å². The number of carbonyl (C=O) groups is 4. The smallest absolute Gasteiger partial charge is 0.274 e. The van der Waals surface area contributed by atoms with Crippen LogP contribution in [-0.4, -0.2) is 82.1 Å². The third kappa shape index (κ3) is 9.34. The van der Waals surface area contributed by atoms with Crippen LogP contribution < -0.4 is 21.3 Å². The first-order valence-corrected chi connectivity index (χ1v) is 21.0. The van der Waals surface area contributed by atoms with Crippen molar-refractivity contribution in [2.24, 2.45) is 5.92 Å². The second-order valence-corrected chi connectivity index (χ2v) is 16.6. The van der Waals surface area contributed by atoms with Crippen molar-refractivity contribution in [3.63, 3.8) is 0 Å². The molecule has 1 fully saturated rings. The molecule has 7 aromatic rings. The number of pyridine rings is 2. The molecule has 1 saturated carbocycles. The molecule has 3 aromatic carbocycles. The minimum absolute atomic E-state index is 0.0215. The third-order valence-corrected chi connectivity index (χ3v) is 11.8. The standard InChI is InChI=1S/C48H46F2N8O7/c1-48(2,65)32-12-6-7-13-35(32)53-44(61)28-14-17-33(49)36(21-28)54-46(63)38-24-52-43-31(11-8-20-57(38)43)30-16-19-41-51-23-39(58(41)25-30)47(64)55-37-22-29(15-18-34(37)50)45(62)56-42(40(60)26-59)27-9-4-3-5-10-27/h3-5,8-11,14-25,32,35,40,42,59-60,65H,6-7,12-13,26H2,1-2H3,(H,53,61)(H,54,63)(H,55,64)(H,56,62)/t32-,35-,40+,42-/m0/s1. The van der Waals surface area contributed by atoms with Gasteiger partial charge in [0, 0.05) is 46.6 Å². The van der Waals surface area contributed by atoms with E-state index in [1.54, 1.807) is 80.8 Å². The summed E-state index contributed by atoms with van der Waals surface area (Å²) in [5.41, 5.74) is 1.08. The SMILES string of the molecule is CC(C)(O)[C@H]1CCCC[C@@H]1NC(=O)c1ccc(F)c(NC(=O)c2cnc3c(-c4ccc5ncc(C(=O)Nc6cc(C(=O)N[C@@H](c7ccccc7)[C@H](O)CO)ccc6F)n5c4)cccn23)c1. The summed E-state index contributed by atoms with van der Waals surface area (Å²) in [6, 6.07) is 21.3. The van der Waals surface area contributed by atoms with E-state index in [0.29, 0.717) is 34.4 Å². The van der Waals surface area contributed by atoms with E-state index in [9.17, 15) is 34.5 Å². The molecular formula is C48H46F2N8O7. The number of nitrogens with zero attached hydrogens (tertiary/aromatic N) is 4. The van der Waals surface area contributed by atoms with Gasteiger partial charge >= 0.3 is 0 Å². The number of benzene rings is 3. The van der Waals surface area contributed by atoms with Crippen LogP contribution in [0.4, 0.5) is 20.2 Å². The number of carbonyl (C=O) groups excluding carboxylic acids is 4. The minimum Gasteiger partial charge on any atom is -0.394 e. The van der Waals surface area contributed by atoms with Crippen LogP contribution in [0.25, 0.3) is 22.4 Å². The van der Waals surface area contributed by atoms with Crippen molar-refractivity contribution in [1.29, 1.82) is 0 Å². The van der Waals surface area contributed by atoms with Gasteiger partial charge in [-0.1, -0.05) is 43.2 Å². The molecule has 15 nitrogen and oxygen atoms in total. The normalized spacial score (nSPS) is 16.2. The van der Waals surface area contributed by atoms with Gasteiger partial charge in [0.2, 0.25) is 0 Å². The highest BCUT2D eigenvalue weighted by Crippen LogP contribution is 2.33. The third-order valence-electron chi connectivity index (χ3n) is 11.8. The van der Waals surface area contributed by atoms with Gasteiger partial charge < -0.3 is 36.6 Å². The number of halogens is 2. The minimum atomic E-state index is -1.33. The second kappa shape index (κ2) is 18.4. The van der Waals surface area contributed by atoms with Gasteiger partial charge in [0.15, 0.2) is 0 Å². The van der Waals surface area contributed by atoms with Crippen LogP contribution in [0.5, 0.6) is 0 Å². The number of imidazole rings is 2. The molecule has 4 amide bonds. The highest BCUT2D eigenvalue weighted by atomic mass is 19.1. The largest absolute Gasteiger partial charge is 0.394 e. The molecule has 0 radical (unpaired) electrons. The number of amides is 4. The van der Waals surface area contributed by atoms with Gasteiger partial charge in [0.25, 0.3) is 23.6 Å². The lowest BCUT2D eigenvalue weighted by Crippen LogP contribution is -2.50. The number of hydrogen-bond acceptors (Lipinski definition) is 9. The maximum absolute atomic E-state index is 15.1. The Labute approximate surface area is 371 Å². The van der Waals surface area contributed by atoms with E-state index < -0.39 is 59.6 Å². The van der Waals surface area contributed by atoms with Gasteiger partial charge in [-0.2, -0.15) is 0 Å². The Bertz CT molecular complexity index is 2930. The van der Waals surface area contributed by atoms with Gasteiger partial charge in [-0.25, -0.2) is 18.7 Å². The Morgan fingerprint density at radius 3 is 2.06 bits per heavy atom. The van der Waals surface area contributed by atoms with Gasteiger partial charge in [-0.3, -0.25) is 28.0 Å². The van der Waals surface area contributed by atoms with Crippen LogP contribution in [0.1, 0.15) is 92.8 Å². The van der Waals surface area contributed by atoms with Crippen molar-refractivity contribution >= 4 is 46.3 Å². The van der Waals surface area contributed by atoms with Crippen molar-refractivity contribution in [2.45, 2.75) is 63.3 Å². The molecule has 17 heteroatoms. The van der Waals surface area contributed by atoms with Crippen LogP contribution in [0.2, 0.25) is 0 Å². The highest BCUT2D eigenvalue weighted by molar-refractivity contribution is 6.06. The summed E-state index contributed by atoms with van der Waals surface area (Å²) >= 11 is 0. The number of rotatable bonds is 13. The van der Waals surface area contributed by atoms with Crippen LogP contribution in [0.3, 0.4) is 0 Å². The molecule has 1 aliphatic carbocycles. The lowest BCUT2D eigenvalue weighted by atomic mass is 9.75. The lowest BCUT2D eigenvalue weighted by molar-refractivity contribution is -0.0141. The summed E-state index contributed by atoms with van der Waals surface area (Å²) in [4.78, 5) is 62.9. The van der Waals surface area contributed by atoms with E-state index >= 15 is 8.78 Å². The summed E-state index contributed by atoms with van der Waals surface area (Å²) in [5.74, 6) is -4.30. The highest BCUT2D eigenvalue weighted by Gasteiger charge is 2.37.